The van der Waals surface area contributed by atoms with E-state index in [1.165, 1.54) is 58.8 Å². The first-order chi connectivity index (χ1) is 47.0. The number of nitrogens with one attached hydrogen (secondary N) is 1. The Balaban J connectivity index is 0.000000273. The molecule has 8 aromatic rings. The summed E-state index contributed by atoms with van der Waals surface area (Å²) in [6.45, 7) is 0.827. The number of aromatic amines is 1. The number of nitrogens with two attached hydrogens (primary N) is 1. The zero-order chi connectivity index (χ0) is 76.9. The molecule has 2 saturated carbocycles. The Kier molecular flexibility index (Phi) is 31.5. The van der Waals surface area contributed by atoms with Gasteiger partial charge in [-0.15, -0.1) is 12.4 Å². The number of carboxylic acids is 1. The lowest BCUT2D eigenvalue weighted by Gasteiger charge is -2.27. The lowest BCUT2D eigenvalue weighted by atomic mass is 9.83. The van der Waals surface area contributed by atoms with E-state index in [1.54, 1.807) is 42.5 Å². The quantitative estimate of drug-likeness (QED) is 0.0688. The van der Waals surface area contributed by atoms with Crippen LogP contribution in [0, 0.1) is 11.8 Å². The van der Waals surface area contributed by atoms with Crippen molar-refractivity contribution in [3.05, 3.63) is 140 Å². The van der Waals surface area contributed by atoms with Crippen LogP contribution in [0.4, 0.5) is 96.6 Å². The van der Waals surface area contributed by atoms with Gasteiger partial charge in [-0.25, -0.2) is 22.4 Å². The van der Waals surface area contributed by atoms with Crippen LogP contribution in [0.15, 0.2) is 97.6 Å². The van der Waals surface area contributed by atoms with Crippen molar-refractivity contribution in [3.8, 4) is 0 Å². The molecule has 0 unspecified atom stereocenters. The molecule has 0 atom stereocenters. The monoisotopic (exact) mass is 1600 g/mol. The maximum Gasteiger partial charge on any atom is 0.454 e. The standard InChI is InChI=1S/C20H21ClF5NO.C13H8ClF6NO.C12H9ClF3NO2.C10H5ClF3NO.C7H13F2N.C4H7F3.ClH/c21-15-2-1-3-16-18(15)14(12-27(16)11-10-20(24,25)26)17(28)5-4-13-6-8-19(22,23)9-7-13;14-8-2-1-3-9-10(8)7(11(22)13(18,19)20)6-21(9)5-4-12(15,16)17;13-8-2-1-3-9-10(8)7(11(18)19)6-17(9)5-4-12(14,15)16;11-6-2-1-3-7-8(6)5(4-15-7)9(16)10(12,13)14;8-7(9)3-1-6(5-10)2-4-7;1-2-3-4(5,6)7;/h1-3,12-13H,4-11H2;1-3,6H,4-5H2;1-3,6H,4-5H2,(H,18,19);1-4,15H;6H,1-5,10H2;2-3H2,1H3;1H. The Morgan fingerprint density at radius 2 is 0.816 bits per heavy atom. The van der Waals surface area contributed by atoms with E-state index in [9.17, 15) is 116 Å². The number of aromatic nitrogens is 4. The van der Waals surface area contributed by atoms with E-state index in [2.05, 4.69) is 4.98 Å². The van der Waals surface area contributed by atoms with Crippen molar-refractivity contribution in [3.63, 3.8) is 0 Å². The Hall–Kier alpha value is -6.61. The highest BCUT2D eigenvalue weighted by Gasteiger charge is 2.43. The van der Waals surface area contributed by atoms with Gasteiger partial charge in [0.1, 0.15) is 0 Å². The molecule has 4 N–H and O–H groups in total. The number of halogens is 27. The maximum atomic E-state index is 13.3. The number of fused-ring (bicyclic) bond motifs is 4. The second-order valence-corrected chi connectivity index (χ2v) is 25.3. The summed E-state index contributed by atoms with van der Waals surface area (Å²) in [5.41, 5.74) is 5.66. The number of nitrogens with zero attached hydrogens (tertiary/aromatic N) is 3. The van der Waals surface area contributed by atoms with E-state index in [4.69, 9.17) is 57.2 Å². The van der Waals surface area contributed by atoms with Crippen molar-refractivity contribution in [2.45, 2.75) is 172 Å². The van der Waals surface area contributed by atoms with Gasteiger partial charge in [-0.1, -0.05) is 77.6 Å². The van der Waals surface area contributed by atoms with Crippen molar-refractivity contribution in [1.29, 1.82) is 0 Å². The van der Waals surface area contributed by atoms with E-state index in [0.29, 0.717) is 77.1 Å². The van der Waals surface area contributed by atoms with Gasteiger partial charge < -0.3 is 29.5 Å². The molecular formula is C66H64Cl5F22N5O5. The summed E-state index contributed by atoms with van der Waals surface area (Å²) in [5, 5.41) is 10.2. The van der Waals surface area contributed by atoms with Crippen molar-refractivity contribution < 1.29 is 121 Å². The molecule has 2 aliphatic carbocycles. The Labute approximate surface area is 598 Å². The number of H-pyrrole nitrogens is 1. The Morgan fingerprint density at radius 1 is 0.485 bits per heavy atom. The molecule has 4 aromatic carbocycles. The van der Waals surface area contributed by atoms with Gasteiger partial charge in [0.05, 0.1) is 72.6 Å². The number of benzene rings is 4. The number of Topliss-reactive ketones (excluding diaryl/α,β-unsaturated/α-hetero) is 3. The maximum absolute atomic E-state index is 13.3. The smallest absolute Gasteiger partial charge is 0.454 e. The largest absolute Gasteiger partial charge is 0.478 e. The summed E-state index contributed by atoms with van der Waals surface area (Å²) in [6, 6.07) is 18.0. The second kappa shape index (κ2) is 36.6. The highest BCUT2D eigenvalue weighted by Crippen LogP contribution is 2.41. The van der Waals surface area contributed by atoms with Gasteiger partial charge in [0.2, 0.25) is 11.8 Å². The zero-order valence-corrected chi connectivity index (χ0v) is 57.4. The third-order valence-electron chi connectivity index (χ3n) is 16.0. The van der Waals surface area contributed by atoms with E-state index >= 15 is 0 Å². The summed E-state index contributed by atoms with van der Waals surface area (Å²) < 4.78 is 274. The molecule has 103 heavy (non-hydrogen) atoms. The second-order valence-electron chi connectivity index (χ2n) is 23.7. The van der Waals surface area contributed by atoms with Gasteiger partial charge in [-0.05, 0) is 105 Å². The minimum Gasteiger partial charge on any atom is -0.478 e. The zero-order valence-electron chi connectivity index (χ0n) is 53.6. The van der Waals surface area contributed by atoms with Gasteiger partial charge in [-0.2, -0.15) is 79.0 Å². The molecule has 10 rings (SSSR count). The number of carboxylic acid groups (broad SMARTS) is 1. The number of aryl methyl sites for hydroxylation is 3. The first kappa shape index (κ1) is 88.8. The number of rotatable bonds is 15. The normalized spacial score (nSPS) is 15.1. The first-order valence-electron chi connectivity index (χ1n) is 30.8. The lowest BCUT2D eigenvalue weighted by Crippen LogP contribution is -2.28. The molecule has 0 saturated heterocycles. The Morgan fingerprint density at radius 3 is 1.17 bits per heavy atom. The van der Waals surface area contributed by atoms with Crippen molar-refractivity contribution in [2.24, 2.45) is 17.6 Å². The summed E-state index contributed by atoms with van der Waals surface area (Å²) in [6.07, 6.45) is -24.0. The highest BCUT2D eigenvalue weighted by atomic mass is 35.5. The number of hydrogen-bond donors (Lipinski definition) is 3. The number of carbonyl (C=O) groups excluding carboxylic acids is 3. The molecule has 2 aliphatic rings. The van der Waals surface area contributed by atoms with E-state index in [-0.39, 0.29) is 118 Å². The Bertz CT molecular complexity index is 4130. The van der Waals surface area contributed by atoms with Crippen LogP contribution in [-0.2, 0) is 19.6 Å². The van der Waals surface area contributed by atoms with Crippen LogP contribution in [0.1, 0.15) is 145 Å². The molecule has 4 heterocycles. The minimum absolute atomic E-state index is 0. The van der Waals surface area contributed by atoms with Crippen LogP contribution in [0.3, 0.4) is 0 Å². The fourth-order valence-electron chi connectivity index (χ4n) is 10.9. The van der Waals surface area contributed by atoms with Crippen LogP contribution in [-0.4, -0.2) is 103 Å². The average Bonchev–Trinajstić information content (AvgIpc) is 1.65. The van der Waals surface area contributed by atoms with Crippen LogP contribution in [0.25, 0.3) is 43.6 Å². The van der Waals surface area contributed by atoms with Gasteiger partial charge >= 0.3 is 43.0 Å². The molecule has 2 fully saturated rings. The number of hydrogen-bond acceptors (Lipinski definition) is 5. The van der Waals surface area contributed by atoms with Crippen LogP contribution in [0.5, 0.6) is 0 Å². The molecule has 0 radical (unpaired) electrons. The van der Waals surface area contributed by atoms with Gasteiger partial charge in [0.15, 0.2) is 5.78 Å². The van der Waals surface area contributed by atoms with Gasteiger partial charge in [0.25, 0.3) is 11.6 Å². The molecule has 0 amide bonds. The molecule has 4 aromatic heterocycles. The van der Waals surface area contributed by atoms with Crippen LogP contribution < -0.4 is 5.73 Å². The highest BCUT2D eigenvalue weighted by molar-refractivity contribution is 6.38. The fourth-order valence-corrected chi connectivity index (χ4v) is 12.0. The third-order valence-corrected chi connectivity index (χ3v) is 17.2. The topological polar surface area (TPSA) is 145 Å². The predicted molar refractivity (Wildman–Crippen MR) is 349 cm³/mol. The molecule has 37 heteroatoms. The lowest BCUT2D eigenvalue weighted by molar-refractivity contribution is -0.137. The summed E-state index contributed by atoms with van der Waals surface area (Å²) in [7, 11) is 0. The number of aromatic carboxylic acids is 1. The van der Waals surface area contributed by atoms with Gasteiger partial charge in [-0.3, -0.25) is 14.4 Å². The van der Waals surface area contributed by atoms with E-state index in [0.717, 1.165) is 17.0 Å². The fraction of sp³-hybridized carbons (Fsp3) is 0.455. The van der Waals surface area contributed by atoms with E-state index in [1.807, 2.05) is 0 Å². The van der Waals surface area contributed by atoms with Gasteiger partial charge in [0, 0.05) is 116 Å². The van der Waals surface area contributed by atoms with E-state index < -0.39 is 110 Å². The average molecular weight is 1600 g/mol. The molecule has 10 nitrogen and oxygen atoms in total. The molecule has 0 bridgehead atoms. The first-order valence-corrected chi connectivity index (χ1v) is 32.3. The van der Waals surface area contributed by atoms with Crippen molar-refractivity contribution >= 4 is 126 Å². The summed E-state index contributed by atoms with van der Waals surface area (Å²) in [4.78, 5) is 48.9. The summed E-state index contributed by atoms with van der Waals surface area (Å²) >= 11 is 23.7. The third kappa shape index (κ3) is 27.0. The van der Waals surface area contributed by atoms with Crippen LogP contribution in [0.2, 0.25) is 20.1 Å². The predicted octanol–water partition coefficient (Wildman–Crippen LogP) is 24.1. The molecule has 0 spiro atoms. The van der Waals surface area contributed by atoms with Crippen LogP contribution >= 0.6 is 58.8 Å². The summed E-state index contributed by atoms with van der Waals surface area (Å²) in [5.74, 6) is -10.1. The van der Waals surface area contributed by atoms with Crippen molar-refractivity contribution in [1.82, 2.24) is 18.7 Å². The molecule has 572 valence electrons. The SMILES string of the molecule is CCCC(F)(F)F.Cl.NCC1CCC(F)(F)CC1.O=C(CCC1CCC(F)(F)CC1)c1cn(CCC(F)(F)F)c2cccc(Cl)c12.O=C(O)c1cn(CCC(F)(F)F)c2cccc(Cl)c12.O=C(c1c[nH]c2cccc(Cl)c12)C(F)(F)F.O=C(c1cn(CCC(F)(F)F)c2cccc(Cl)c12)C(F)(F)F. The number of alkyl halides is 22. The van der Waals surface area contributed by atoms with Crippen molar-refractivity contribution in [2.75, 3.05) is 6.54 Å². The minimum atomic E-state index is -5.14. The molecular weight excluding hydrogens is 1540 g/mol. The molecule has 0 aliphatic heterocycles. The number of carbonyl (C=O) groups is 4. The number of ketones is 3.